The Bertz CT molecular complexity index is 781. The molecule has 0 spiro atoms. The molecule has 1 unspecified atom stereocenters. The van der Waals surface area contributed by atoms with Crippen LogP contribution in [-0.2, 0) is 0 Å². The van der Waals surface area contributed by atoms with Gasteiger partial charge in [-0.3, -0.25) is 0 Å². The van der Waals surface area contributed by atoms with Crippen LogP contribution in [0.4, 0.5) is 4.39 Å². The average molecular weight is 282 g/mol. The summed E-state index contributed by atoms with van der Waals surface area (Å²) < 4.78 is 19.6. The first kappa shape index (κ1) is 13.6. The molecule has 1 atom stereocenters. The maximum Gasteiger partial charge on any atom is 0.166 e. The molecule has 0 aliphatic rings. The molecule has 0 bridgehead atoms. The molecule has 0 fully saturated rings. The summed E-state index contributed by atoms with van der Waals surface area (Å²) >= 11 is 0. The molecule has 3 aromatic carbocycles. The Kier molecular flexibility index (Phi) is 3.59. The highest BCUT2D eigenvalue weighted by Gasteiger charge is 2.09. The largest absolute Gasteiger partial charge is 0.454 e. The summed E-state index contributed by atoms with van der Waals surface area (Å²) in [6.45, 7) is 1.60. The van der Waals surface area contributed by atoms with Gasteiger partial charge in [-0.15, -0.1) is 0 Å². The molecule has 0 amide bonds. The van der Waals surface area contributed by atoms with Crippen molar-refractivity contribution in [1.82, 2.24) is 0 Å². The van der Waals surface area contributed by atoms with E-state index in [0.29, 0.717) is 11.3 Å². The predicted octanol–water partition coefficient (Wildman–Crippen LogP) is 4.82. The highest BCUT2D eigenvalue weighted by Crippen LogP contribution is 2.29. The minimum absolute atomic E-state index is 0.148. The summed E-state index contributed by atoms with van der Waals surface area (Å²) in [5.74, 6) is 0.244. The monoisotopic (exact) mass is 282 g/mol. The average Bonchev–Trinajstić information content (AvgIpc) is 2.49. The fraction of sp³-hybridized carbons (Fsp3) is 0.111. The van der Waals surface area contributed by atoms with Crippen LogP contribution >= 0.6 is 0 Å². The minimum atomic E-state index is -0.700. The van der Waals surface area contributed by atoms with Crippen molar-refractivity contribution in [3.8, 4) is 11.5 Å². The highest BCUT2D eigenvalue weighted by atomic mass is 19.1. The van der Waals surface area contributed by atoms with Gasteiger partial charge in [0.25, 0.3) is 0 Å². The van der Waals surface area contributed by atoms with E-state index in [0.717, 1.165) is 10.8 Å². The number of rotatable bonds is 3. The van der Waals surface area contributed by atoms with Crippen LogP contribution in [0.5, 0.6) is 11.5 Å². The molecule has 0 aromatic heterocycles. The Morgan fingerprint density at radius 2 is 1.71 bits per heavy atom. The fourth-order valence-electron chi connectivity index (χ4n) is 2.22. The van der Waals surface area contributed by atoms with Crippen LogP contribution in [0.15, 0.2) is 60.7 Å². The second-order valence-corrected chi connectivity index (χ2v) is 4.98. The molecule has 0 saturated carbocycles. The van der Waals surface area contributed by atoms with Gasteiger partial charge in [0, 0.05) is 0 Å². The van der Waals surface area contributed by atoms with Gasteiger partial charge in [-0.25, -0.2) is 4.39 Å². The van der Waals surface area contributed by atoms with Crippen molar-refractivity contribution in [3.63, 3.8) is 0 Å². The molecular formula is C18H15FO2. The summed E-state index contributed by atoms with van der Waals surface area (Å²) in [5.41, 5.74) is 0.526. The van der Waals surface area contributed by atoms with E-state index in [4.69, 9.17) is 4.74 Å². The second-order valence-electron chi connectivity index (χ2n) is 4.98. The van der Waals surface area contributed by atoms with Crippen LogP contribution < -0.4 is 4.74 Å². The van der Waals surface area contributed by atoms with Crippen LogP contribution in [0, 0.1) is 5.82 Å². The van der Waals surface area contributed by atoms with Crippen molar-refractivity contribution in [2.45, 2.75) is 13.0 Å². The topological polar surface area (TPSA) is 29.5 Å². The van der Waals surface area contributed by atoms with Crippen LogP contribution in [0.3, 0.4) is 0 Å². The van der Waals surface area contributed by atoms with Crippen LogP contribution in [0.2, 0.25) is 0 Å². The Hall–Kier alpha value is -2.39. The van der Waals surface area contributed by atoms with Gasteiger partial charge in [0.1, 0.15) is 5.75 Å². The number of aliphatic hydroxyl groups excluding tert-OH is 1. The van der Waals surface area contributed by atoms with Gasteiger partial charge in [-0.1, -0.05) is 36.4 Å². The number of hydrogen-bond donors (Lipinski definition) is 1. The predicted molar refractivity (Wildman–Crippen MR) is 81.1 cm³/mol. The molecule has 3 rings (SSSR count). The Morgan fingerprint density at radius 3 is 2.43 bits per heavy atom. The fourth-order valence-corrected chi connectivity index (χ4v) is 2.22. The van der Waals surface area contributed by atoms with E-state index in [9.17, 15) is 9.50 Å². The zero-order valence-electron chi connectivity index (χ0n) is 11.6. The summed E-state index contributed by atoms with van der Waals surface area (Å²) in [7, 11) is 0. The van der Waals surface area contributed by atoms with Gasteiger partial charge in [0.05, 0.1) is 6.10 Å². The minimum Gasteiger partial charge on any atom is -0.454 e. The molecule has 106 valence electrons. The van der Waals surface area contributed by atoms with E-state index >= 15 is 0 Å². The van der Waals surface area contributed by atoms with Crippen molar-refractivity contribution in [3.05, 3.63) is 72.0 Å². The summed E-state index contributed by atoms with van der Waals surface area (Å²) in [4.78, 5) is 0. The van der Waals surface area contributed by atoms with Crippen molar-refractivity contribution >= 4 is 10.8 Å². The summed E-state index contributed by atoms with van der Waals surface area (Å²) in [6, 6.07) is 18.0. The molecule has 21 heavy (non-hydrogen) atoms. The Labute approximate surface area is 122 Å². The molecule has 0 saturated heterocycles. The maximum absolute atomic E-state index is 14.0. The quantitative estimate of drug-likeness (QED) is 0.746. The highest BCUT2D eigenvalue weighted by molar-refractivity contribution is 5.83. The van der Waals surface area contributed by atoms with Crippen LogP contribution in [0.1, 0.15) is 18.6 Å². The van der Waals surface area contributed by atoms with Gasteiger partial charge < -0.3 is 9.84 Å². The normalized spacial score (nSPS) is 12.3. The van der Waals surface area contributed by atoms with Crippen molar-refractivity contribution in [2.24, 2.45) is 0 Å². The van der Waals surface area contributed by atoms with E-state index in [-0.39, 0.29) is 5.75 Å². The van der Waals surface area contributed by atoms with Gasteiger partial charge in [-0.2, -0.15) is 0 Å². The molecule has 3 heteroatoms. The number of benzene rings is 3. The number of ether oxygens (including phenoxy) is 1. The van der Waals surface area contributed by atoms with Crippen LogP contribution in [-0.4, -0.2) is 5.11 Å². The zero-order chi connectivity index (χ0) is 14.8. The van der Waals surface area contributed by atoms with Crippen LogP contribution in [0.25, 0.3) is 10.8 Å². The van der Waals surface area contributed by atoms with E-state index in [1.165, 1.54) is 12.1 Å². The zero-order valence-corrected chi connectivity index (χ0v) is 11.6. The second kappa shape index (κ2) is 5.54. The summed E-state index contributed by atoms with van der Waals surface area (Å²) in [5, 5.41) is 11.6. The molecule has 0 aliphatic carbocycles. The summed E-state index contributed by atoms with van der Waals surface area (Å²) in [6.07, 6.45) is -0.700. The van der Waals surface area contributed by atoms with E-state index in [1.807, 2.05) is 42.5 Å². The van der Waals surface area contributed by atoms with E-state index in [1.54, 1.807) is 13.0 Å². The molecule has 0 aliphatic heterocycles. The Balaban J connectivity index is 1.91. The first-order valence-corrected chi connectivity index (χ1v) is 6.77. The molecule has 3 aromatic rings. The smallest absolute Gasteiger partial charge is 0.166 e. The third-order valence-corrected chi connectivity index (χ3v) is 3.39. The molecule has 2 nitrogen and oxygen atoms in total. The molecule has 0 heterocycles. The third-order valence-electron chi connectivity index (χ3n) is 3.39. The lowest BCUT2D eigenvalue weighted by molar-refractivity contribution is 0.198. The number of halogens is 1. The lowest BCUT2D eigenvalue weighted by Gasteiger charge is -2.10. The first-order valence-electron chi connectivity index (χ1n) is 6.77. The Morgan fingerprint density at radius 1 is 0.952 bits per heavy atom. The number of hydrogen-bond acceptors (Lipinski definition) is 2. The SMILES string of the molecule is CC(O)c1ccc(Oc2ccc3ccccc3c2)c(F)c1. The first-order chi connectivity index (χ1) is 10.1. The van der Waals surface area contributed by atoms with Crippen molar-refractivity contribution < 1.29 is 14.2 Å². The van der Waals surface area contributed by atoms with E-state index in [2.05, 4.69) is 0 Å². The molecular weight excluding hydrogens is 267 g/mol. The molecule has 0 radical (unpaired) electrons. The molecule has 1 N–H and O–H groups in total. The van der Waals surface area contributed by atoms with Gasteiger partial charge in [0.2, 0.25) is 0 Å². The number of fused-ring (bicyclic) bond motifs is 1. The number of aliphatic hydroxyl groups is 1. The third kappa shape index (κ3) is 2.88. The standard InChI is InChI=1S/C18H15FO2/c1-12(20)14-7-9-18(17(19)11-14)21-16-8-6-13-4-2-3-5-15(13)10-16/h2-12,20H,1H3. The maximum atomic E-state index is 14.0. The van der Waals surface area contributed by atoms with Crippen molar-refractivity contribution in [1.29, 1.82) is 0 Å². The van der Waals surface area contributed by atoms with E-state index < -0.39 is 11.9 Å². The van der Waals surface area contributed by atoms with Gasteiger partial charge in [-0.05, 0) is 47.5 Å². The van der Waals surface area contributed by atoms with Gasteiger partial charge >= 0.3 is 0 Å². The van der Waals surface area contributed by atoms with Crippen molar-refractivity contribution in [2.75, 3.05) is 0 Å². The lowest BCUT2D eigenvalue weighted by Crippen LogP contribution is -1.94. The van der Waals surface area contributed by atoms with Gasteiger partial charge in [0.15, 0.2) is 11.6 Å². The lowest BCUT2D eigenvalue weighted by atomic mass is 10.1.